The van der Waals surface area contributed by atoms with Gasteiger partial charge in [-0.3, -0.25) is 4.99 Å². The summed E-state index contributed by atoms with van der Waals surface area (Å²) in [5.41, 5.74) is 1.16. The molecule has 0 saturated carbocycles. The molecule has 0 aromatic carbocycles. The van der Waals surface area contributed by atoms with Crippen molar-refractivity contribution in [2.45, 2.75) is 26.7 Å². The fourth-order valence-corrected chi connectivity index (χ4v) is 1.58. The van der Waals surface area contributed by atoms with Gasteiger partial charge in [-0.15, -0.1) is 0 Å². The van der Waals surface area contributed by atoms with Crippen LogP contribution in [0, 0.1) is 0 Å². The van der Waals surface area contributed by atoms with Crippen molar-refractivity contribution in [1.29, 1.82) is 0 Å². The maximum atomic E-state index is 8.51. The molecule has 0 fully saturated rings. The maximum Gasteiger partial charge on any atom is 0.0479 e. The Hall–Kier alpha value is -0.0200. The molecule has 0 heterocycles. The van der Waals surface area contributed by atoms with Crippen molar-refractivity contribution in [3.05, 3.63) is 0 Å². The van der Waals surface area contributed by atoms with Crippen molar-refractivity contribution >= 4 is 17.5 Å². The lowest BCUT2D eigenvalue weighted by Crippen LogP contribution is -1.92. The molecule has 0 aromatic rings. The second-order valence-corrected chi connectivity index (χ2v) is 4.10. The Kier molecular flexibility index (Phi) is 9.06. The van der Waals surface area contributed by atoms with Gasteiger partial charge in [0, 0.05) is 24.6 Å². The molecule has 0 aliphatic carbocycles. The van der Waals surface area contributed by atoms with Gasteiger partial charge in [0.05, 0.1) is 0 Å². The van der Waals surface area contributed by atoms with Crippen molar-refractivity contribution < 1.29 is 5.11 Å². The minimum Gasteiger partial charge on any atom is -0.396 e. The van der Waals surface area contributed by atoms with Crippen LogP contribution in [-0.2, 0) is 0 Å². The zero-order valence-corrected chi connectivity index (χ0v) is 8.86. The van der Waals surface area contributed by atoms with Crippen molar-refractivity contribution in [3.8, 4) is 0 Å². The highest BCUT2D eigenvalue weighted by atomic mass is 32.2. The number of hydrogen-bond acceptors (Lipinski definition) is 3. The molecule has 0 aliphatic rings. The van der Waals surface area contributed by atoms with Crippen molar-refractivity contribution in [2.75, 3.05) is 24.7 Å². The number of rotatable bonds is 7. The molecule has 0 radical (unpaired) electrons. The summed E-state index contributed by atoms with van der Waals surface area (Å²) in [6.07, 6.45) is 2.05. The van der Waals surface area contributed by atoms with Crippen LogP contribution in [-0.4, -0.2) is 35.5 Å². The number of nitrogens with zero attached hydrogens (tertiary/aromatic N) is 1. The summed E-state index contributed by atoms with van der Waals surface area (Å²) >= 11 is 1.92. The molecule has 12 heavy (non-hydrogen) atoms. The predicted octanol–water partition coefficient (Wildman–Crippen LogP) is 1.97. The average Bonchev–Trinajstić information content (AvgIpc) is 2.02. The first-order valence-corrected chi connectivity index (χ1v) is 5.59. The van der Waals surface area contributed by atoms with Gasteiger partial charge in [-0.05, 0) is 32.4 Å². The van der Waals surface area contributed by atoms with Crippen molar-refractivity contribution in [2.24, 2.45) is 4.99 Å². The summed E-state index contributed by atoms with van der Waals surface area (Å²) in [6, 6.07) is 0. The van der Waals surface area contributed by atoms with Gasteiger partial charge in [0.25, 0.3) is 0 Å². The van der Waals surface area contributed by atoms with E-state index in [9.17, 15) is 0 Å². The van der Waals surface area contributed by atoms with Gasteiger partial charge >= 0.3 is 0 Å². The fraction of sp³-hybridized carbons (Fsp3) is 0.889. The molecule has 0 saturated heterocycles. The smallest absolute Gasteiger partial charge is 0.0479 e. The highest BCUT2D eigenvalue weighted by molar-refractivity contribution is 7.99. The Morgan fingerprint density at radius 1 is 1.25 bits per heavy atom. The van der Waals surface area contributed by atoms with Crippen LogP contribution in [0.15, 0.2) is 4.99 Å². The van der Waals surface area contributed by atoms with Gasteiger partial charge in [-0.2, -0.15) is 11.8 Å². The third-order valence-electron chi connectivity index (χ3n) is 1.36. The molecule has 3 heteroatoms. The zero-order valence-electron chi connectivity index (χ0n) is 8.05. The Morgan fingerprint density at radius 3 is 2.58 bits per heavy atom. The molecule has 0 aromatic heterocycles. The summed E-state index contributed by atoms with van der Waals surface area (Å²) in [4.78, 5) is 4.29. The average molecular weight is 189 g/mol. The first-order valence-electron chi connectivity index (χ1n) is 4.43. The maximum absolute atomic E-state index is 8.51. The van der Waals surface area contributed by atoms with Gasteiger partial charge in [0.2, 0.25) is 0 Å². The largest absolute Gasteiger partial charge is 0.396 e. The van der Waals surface area contributed by atoms with Gasteiger partial charge in [-0.25, -0.2) is 0 Å². The minimum atomic E-state index is 0.326. The number of unbranched alkanes of at least 4 members (excludes halogenated alkanes) is 1. The van der Waals surface area contributed by atoms with E-state index >= 15 is 0 Å². The molecule has 0 rings (SSSR count). The third kappa shape index (κ3) is 9.98. The highest BCUT2D eigenvalue weighted by Gasteiger charge is 1.88. The van der Waals surface area contributed by atoms with Crippen LogP contribution >= 0.6 is 11.8 Å². The van der Waals surface area contributed by atoms with Crippen LogP contribution in [0.25, 0.3) is 0 Å². The van der Waals surface area contributed by atoms with E-state index in [1.807, 2.05) is 25.6 Å². The number of aliphatic hydroxyl groups excluding tert-OH is 1. The van der Waals surface area contributed by atoms with E-state index in [2.05, 4.69) is 4.99 Å². The summed E-state index contributed by atoms with van der Waals surface area (Å²) in [5.74, 6) is 2.26. The van der Waals surface area contributed by atoms with Gasteiger partial charge in [0.1, 0.15) is 0 Å². The van der Waals surface area contributed by atoms with E-state index < -0.39 is 0 Å². The van der Waals surface area contributed by atoms with Gasteiger partial charge < -0.3 is 5.11 Å². The summed E-state index contributed by atoms with van der Waals surface area (Å²) < 4.78 is 0. The molecule has 1 N–H and O–H groups in total. The SMILES string of the molecule is CC(C)=NCCSCCCCO. The second-order valence-electron chi connectivity index (χ2n) is 2.87. The zero-order chi connectivity index (χ0) is 9.23. The van der Waals surface area contributed by atoms with Gasteiger partial charge in [-0.1, -0.05) is 0 Å². The van der Waals surface area contributed by atoms with Crippen LogP contribution in [0.4, 0.5) is 0 Å². The minimum absolute atomic E-state index is 0.326. The molecular weight excluding hydrogens is 170 g/mol. The number of aliphatic imine (C=N–C) groups is 1. The summed E-state index contributed by atoms with van der Waals surface area (Å²) in [6.45, 7) is 5.31. The van der Waals surface area contributed by atoms with Crippen LogP contribution < -0.4 is 0 Å². The first kappa shape index (κ1) is 12.0. The monoisotopic (exact) mass is 189 g/mol. The molecular formula is C9H19NOS. The molecule has 72 valence electrons. The highest BCUT2D eigenvalue weighted by Crippen LogP contribution is 2.03. The van der Waals surface area contributed by atoms with Gasteiger partial charge in [0.15, 0.2) is 0 Å². The fourth-order valence-electron chi connectivity index (χ4n) is 0.752. The topological polar surface area (TPSA) is 32.6 Å². The van der Waals surface area contributed by atoms with Crippen molar-refractivity contribution in [3.63, 3.8) is 0 Å². The Balaban J connectivity index is 2.96. The van der Waals surface area contributed by atoms with Crippen LogP contribution in [0.1, 0.15) is 26.7 Å². The van der Waals surface area contributed by atoms with E-state index in [0.717, 1.165) is 36.6 Å². The molecule has 2 nitrogen and oxygen atoms in total. The predicted molar refractivity (Wildman–Crippen MR) is 57.3 cm³/mol. The summed E-state index contributed by atoms with van der Waals surface area (Å²) in [5, 5.41) is 8.51. The molecule has 0 bridgehead atoms. The number of thioether (sulfide) groups is 1. The normalized spacial score (nSPS) is 9.92. The molecule has 0 spiro atoms. The summed E-state index contributed by atoms with van der Waals surface area (Å²) in [7, 11) is 0. The lowest BCUT2D eigenvalue weighted by molar-refractivity contribution is 0.287. The Morgan fingerprint density at radius 2 is 2.00 bits per heavy atom. The standard InChI is InChI=1S/C9H19NOS/c1-9(2)10-5-8-12-7-4-3-6-11/h11H,3-8H2,1-2H3. The lowest BCUT2D eigenvalue weighted by Gasteiger charge is -1.98. The molecule has 0 unspecified atom stereocenters. The Labute approximate surface area is 79.5 Å². The third-order valence-corrected chi connectivity index (χ3v) is 2.41. The van der Waals surface area contributed by atoms with Crippen LogP contribution in [0.2, 0.25) is 0 Å². The van der Waals surface area contributed by atoms with Crippen LogP contribution in [0.3, 0.4) is 0 Å². The van der Waals surface area contributed by atoms with E-state index in [-0.39, 0.29) is 0 Å². The molecule has 0 aliphatic heterocycles. The first-order chi connectivity index (χ1) is 5.77. The number of hydrogen-bond donors (Lipinski definition) is 1. The quantitative estimate of drug-likeness (QED) is 0.490. The van der Waals surface area contributed by atoms with E-state index in [4.69, 9.17) is 5.11 Å². The molecule has 0 atom stereocenters. The van der Waals surface area contributed by atoms with Crippen molar-refractivity contribution in [1.82, 2.24) is 0 Å². The van der Waals surface area contributed by atoms with Crippen LogP contribution in [0.5, 0.6) is 0 Å². The van der Waals surface area contributed by atoms with E-state index in [1.165, 1.54) is 0 Å². The van der Waals surface area contributed by atoms with E-state index in [0.29, 0.717) is 6.61 Å². The van der Waals surface area contributed by atoms with E-state index in [1.54, 1.807) is 0 Å². The second kappa shape index (κ2) is 9.07. The Bertz CT molecular complexity index is 122. The number of aliphatic hydroxyl groups is 1. The lowest BCUT2D eigenvalue weighted by atomic mass is 10.4. The molecule has 0 amide bonds.